The van der Waals surface area contributed by atoms with Gasteiger partial charge < -0.3 is 0 Å². The van der Waals surface area contributed by atoms with Crippen molar-refractivity contribution in [3.05, 3.63) is 131 Å². The molecule has 8 aromatic rings. The molecule has 6 nitrogen and oxygen atoms in total. The minimum absolute atomic E-state index is 0.689. The van der Waals surface area contributed by atoms with E-state index in [1.165, 1.54) is 32.3 Å². The number of nitrogens with zero attached hydrogens (tertiary/aromatic N) is 6. The molecule has 0 radical (unpaired) electrons. The molecule has 202 valence electrons. The van der Waals surface area contributed by atoms with Crippen LogP contribution in [0.5, 0.6) is 0 Å². The van der Waals surface area contributed by atoms with Crippen LogP contribution in [-0.2, 0) is 5.79 Å². The van der Waals surface area contributed by atoms with Crippen molar-refractivity contribution in [2.24, 2.45) is 15.0 Å². The Hall–Kier alpha value is -5.88. The maximum Gasteiger partial charge on any atom is 0.277 e. The fourth-order valence-electron chi connectivity index (χ4n) is 8.55. The van der Waals surface area contributed by atoms with Gasteiger partial charge in [-0.1, -0.05) is 101 Å². The molecule has 2 aromatic heterocycles. The molecule has 0 saturated carbocycles. The number of hydrogen-bond acceptors (Lipinski definition) is 3. The number of fused-ring (bicyclic) bond motifs is 15. The van der Waals surface area contributed by atoms with Gasteiger partial charge in [0, 0.05) is 23.1 Å². The summed E-state index contributed by atoms with van der Waals surface area (Å²) in [5.74, 6) is 3.10. The van der Waals surface area contributed by atoms with Crippen molar-refractivity contribution in [1.29, 1.82) is 0 Å². The monoisotopic (exact) mass is 561 g/mol. The standard InChI is InChI=1S/C38H21N6/c1-38-42-32-26-17-14-20-8-2-5-11-23(20)29(26)35(42)39-33-27-18-15-21-9-3-6-12-24(21)30(27)37(43(33)38)41-34-28-19-16-22-10-4-7-13-25(22)31(28)36(40-32)44(34)38/h2-19H,1H3/q+1/t38-/m0/s1. The van der Waals surface area contributed by atoms with E-state index in [0.717, 1.165) is 67.0 Å². The van der Waals surface area contributed by atoms with Crippen molar-refractivity contribution >= 4 is 77.2 Å². The molecule has 0 unspecified atom stereocenters. The molecule has 12 rings (SSSR count). The maximum atomic E-state index is 5.54. The predicted molar refractivity (Wildman–Crippen MR) is 174 cm³/mol. The van der Waals surface area contributed by atoms with Crippen molar-refractivity contribution in [3.63, 3.8) is 0 Å². The molecule has 0 amide bonds. The summed E-state index contributed by atoms with van der Waals surface area (Å²) in [6.07, 6.45) is 0. The van der Waals surface area contributed by atoms with Crippen molar-refractivity contribution in [2.75, 3.05) is 0 Å². The largest absolute Gasteiger partial charge is 0.277 e. The lowest BCUT2D eigenvalue weighted by Gasteiger charge is -2.39. The van der Waals surface area contributed by atoms with E-state index in [-0.39, 0.29) is 0 Å². The number of hydrogen-bond donors (Lipinski definition) is 0. The first-order chi connectivity index (χ1) is 21.7. The highest BCUT2D eigenvalue weighted by molar-refractivity contribution is 6.24. The summed E-state index contributed by atoms with van der Waals surface area (Å²) in [6, 6.07) is 39.2. The van der Waals surface area contributed by atoms with Crippen molar-refractivity contribution < 1.29 is 4.58 Å². The van der Waals surface area contributed by atoms with Gasteiger partial charge in [0.2, 0.25) is 11.3 Å². The van der Waals surface area contributed by atoms with Gasteiger partial charge in [-0.3, -0.25) is 0 Å². The molecule has 6 aromatic carbocycles. The maximum absolute atomic E-state index is 5.54. The molecule has 1 atom stereocenters. The lowest BCUT2D eigenvalue weighted by Crippen LogP contribution is -2.62. The van der Waals surface area contributed by atoms with Gasteiger partial charge in [0.15, 0.2) is 5.82 Å². The fraction of sp³-hybridized carbons (Fsp3) is 0.0526. The molecule has 0 N–H and O–H groups in total. The van der Waals surface area contributed by atoms with E-state index >= 15 is 0 Å². The third kappa shape index (κ3) is 2.14. The second kappa shape index (κ2) is 6.84. The summed E-state index contributed by atoms with van der Waals surface area (Å²) >= 11 is 0. The zero-order valence-electron chi connectivity index (χ0n) is 23.6. The minimum Gasteiger partial charge on any atom is -0.240 e. The van der Waals surface area contributed by atoms with Gasteiger partial charge >= 0.3 is 0 Å². The number of aliphatic imine (C=N–C) groups is 1. The van der Waals surface area contributed by atoms with Gasteiger partial charge in [-0.05, 0) is 50.5 Å². The van der Waals surface area contributed by atoms with Crippen LogP contribution in [0.25, 0.3) is 53.9 Å². The topological polar surface area (TPSA) is 49.9 Å². The highest BCUT2D eigenvalue weighted by Gasteiger charge is 2.57. The Bertz CT molecular complexity index is 2950. The van der Waals surface area contributed by atoms with Gasteiger partial charge in [-0.2, -0.15) is 4.58 Å². The predicted octanol–water partition coefficient (Wildman–Crippen LogP) is 7.00. The van der Waals surface area contributed by atoms with Crippen LogP contribution in [0, 0.1) is 0 Å². The van der Waals surface area contributed by atoms with Crippen LogP contribution < -0.4 is 11.0 Å². The van der Waals surface area contributed by atoms with Crippen molar-refractivity contribution in [1.82, 2.24) is 9.13 Å². The minimum atomic E-state index is -0.689. The zero-order valence-corrected chi connectivity index (χ0v) is 23.6. The summed E-state index contributed by atoms with van der Waals surface area (Å²) in [4.78, 5) is 16.6. The third-order valence-electron chi connectivity index (χ3n) is 10.4. The van der Waals surface area contributed by atoms with E-state index in [1.807, 2.05) is 0 Å². The van der Waals surface area contributed by atoms with E-state index < -0.39 is 5.79 Å². The lowest BCUT2D eigenvalue weighted by atomic mass is 9.99. The van der Waals surface area contributed by atoms with Crippen LogP contribution >= 0.6 is 0 Å². The fourth-order valence-corrected chi connectivity index (χ4v) is 8.55. The number of rotatable bonds is 0. The average Bonchev–Trinajstić information content (AvgIpc) is 3.70. The van der Waals surface area contributed by atoms with E-state index in [1.54, 1.807) is 0 Å². The molecular formula is C38H21N6+. The average molecular weight is 562 g/mol. The van der Waals surface area contributed by atoms with E-state index in [2.05, 4.69) is 130 Å². The van der Waals surface area contributed by atoms with Gasteiger partial charge in [0.05, 0.1) is 16.5 Å². The quantitative estimate of drug-likeness (QED) is 0.179. The van der Waals surface area contributed by atoms with E-state index in [4.69, 9.17) is 15.0 Å². The first-order valence-electron chi connectivity index (χ1n) is 15.1. The molecule has 4 aliphatic rings. The molecule has 6 heterocycles. The number of amidine groups is 2. The molecule has 0 bridgehead atoms. The Morgan fingerprint density at radius 2 is 1.16 bits per heavy atom. The second-order valence-electron chi connectivity index (χ2n) is 12.4. The molecule has 0 fully saturated rings. The lowest BCUT2D eigenvalue weighted by molar-refractivity contribution is -0.550. The Morgan fingerprint density at radius 1 is 0.523 bits per heavy atom. The number of benzene rings is 6. The second-order valence-corrected chi connectivity index (χ2v) is 12.4. The first kappa shape index (κ1) is 21.8. The first-order valence-corrected chi connectivity index (χ1v) is 15.1. The van der Waals surface area contributed by atoms with E-state index in [9.17, 15) is 0 Å². The third-order valence-corrected chi connectivity index (χ3v) is 10.4. The highest BCUT2D eigenvalue weighted by atomic mass is 15.6. The molecule has 4 aliphatic heterocycles. The molecule has 6 heteroatoms. The van der Waals surface area contributed by atoms with Crippen LogP contribution in [0.3, 0.4) is 0 Å². The van der Waals surface area contributed by atoms with Crippen LogP contribution in [0.4, 0.5) is 11.6 Å². The molecule has 0 spiro atoms. The van der Waals surface area contributed by atoms with Gasteiger partial charge in [-0.15, -0.1) is 0 Å². The Kier molecular flexibility index (Phi) is 3.39. The smallest absolute Gasteiger partial charge is 0.240 e. The normalized spacial score (nSPS) is 18.6. The Labute approximate surface area is 249 Å². The summed E-state index contributed by atoms with van der Waals surface area (Å²) in [7, 11) is 0. The molecule has 0 aliphatic carbocycles. The van der Waals surface area contributed by atoms with Crippen molar-refractivity contribution in [2.45, 2.75) is 12.7 Å². The van der Waals surface area contributed by atoms with Crippen LogP contribution in [0.1, 0.15) is 18.1 Å². The van der Waals surface area contributed by atoms with E-state index in [0.29, 0.717) is 0 Å². The molecular weight excluding hydrogens is 540 g/mol. The summed E-state index contributed by atoms with van der Waals surface area (Å²) < 4.78 is 7.11. The Balaban J connectivity index is 1.40. The molecule has 0 saturated heterocycles. The van der Waals surface area contributed by atoms with Crippen LogP contribution in [-0.4, -0.2) is 25.4 Å². The van der Waals surface area contributed by atoms with Crippen molar-refractivity contribution in [3.8, 4) is 0 Å². The van der Waals surface area contributed by atoms with Gasteiger partial charge in [0.25, 0.3) is 17.5 Å². The SMILES string of the molecule is C[C@]12n3c4c5ccc6ccccc6c5c3N=c3c5ccc6ccccc6c5c(n31)=NC1=[N+]2C(=N4)c2c1ccc1ccccc21. The van der Waals surface area contributed by atoms with Crippen LogP contribution in [0.2, 0.25) is 0 Å². The highest BCUT2D eigenvalue weighted by Crippen LogP contribution is 2.51. The summed E-state index contributed by atoms with van der Waals surface area (Å²) in [5, 5.41) is 11.7. The van der Waals surface area contributed by atoms with Gasteiger partial charge in [-0.25, -0.2) is 14.1 Å². The summed E-state index contributed by atoms with van der Waals surface area (Å²) in [6.45, 7) is 2.32. The zero-order chi connectivity index (χ0) is 28.5. The van der Waals surface area contributed by atoms with Crippen LogP contribution in [0.15, 0.2) is 124 Å². The molecule has 44 heavy (non-hydrogen) atoms. The summed E-state index contributed by atoms with van der Waals surface area (Å²) in [5.41, 5.74) is 4.16. The van der Waals surface area contributed by atoms with Gasteiger partial charge in [0.1, 0.15) is 5.49 Å². The Morgan fingerprint density at radius 3 is 1.93 bits per heavy atom. The number of aromatic nitrogens is 2.